The number of halogens is 1. The number of likely N-dealkylation sites (N-methyl/N-ethyl adjacent to an activating group) is 1. The Kier molecular flexibility index (Phi) is 5.09. The van der Waals surface area contributed by atoms with E-state index in [-0.39, 0.29) is 0 Å². The molecule has 15 heavy (non-hydrogen) atoms. The summed E-state index contributed by atoms with van der Waals surface area (Å²) in [7, 11) is 4.15. The van der Waals surface area contributed by atoms with Crippen LogP contribution in [0.1, 0.15) is 11.1 Å². The van der Waals surface area contributed by atoms with Crippen molar-refractivity contribution in [1.29, 1.82) is 0 Å². The van der Waals surface area contributed by atoms with Gasteiger partial charge in [0.25, 0.3) is 0 Å². The zero-order valence-corrected chi connectivity index (χ0v) is 10.4. The predicted molar refractivity (Wildman–Crippen MR) is 66.4 cm³/mol. The smallest absolute Gasteiger partial charge is 0.0438 e. The first-order valence-corrected chi connectivity index (χ1v) is 5.58. The lowest BCUT2D eigenvalue weighted by Gasteiger charge is -2.12. The number of hydrogen-bond donors (Lipinski definition) is 1. The van der Waals surface area contributed by atoms with Gasteiger partial charge in [0.1, 0.15) is 0 Å². The molecule has 0 aliphatic rings. The highest BCUT2D eigenvalue weighted by Crippen LogP contribution is 2.18. The molecule has 3 heteroatoms. The molecule has 0 bridgehead atoms. The van der Waals surface area contributed by atoms with E-state index in [1.54, 1.807) is 0 Å². The van der Waals surface area contributed by atoms with E-state index in [4.69, 9.17) is 11.6 Å². The van der Waals surface area contributed by atoms with E-state index in [1.807, 2.05) is 12.1 Å². The number of nitrogens with one attached hydrogen (secondary N) is 1. The summed E-state index contributed by atoms with van der Waals surface area (Å²) in [6.45, 7) is 5.00. The lowest BCUT2D eigenvalue weighted by Crippen LogP contribution is -2.26. The van der Waals surface area contributed by atoms with E-state index >= 15 is 0 Å². The Labute approximate surface area is 97.2 Å². The molecule has 0 saturated carbocycles. The van der Waals surface area contributed by atoms with Gasteiger partial charge in [-0.25, -0.2) is 0 Å². The van der Waals surface area contributed by atoms with Crippen LogP contribution in [0.2, 0.25) is 5.02 Å². The summed E-state index contributed by atoms with van der Waals surface area (Å²) >= 11 is 6.04. The van der Waals surface area contributed by atoms with Crippen LogP contribution < -0.4 is 5.32 Å². The summed E-state index contributed by atoms with van der Waals surface area (Å²) in [5.41, 5.74) is 2.46. The van der Waals surface area contributed by atoms with E-state index in [0.29, 0.717) is 0 Å². The zero-order valence-electron chi connectivity index (χ0n) is 9.68. The average molecular weight is 227 g/mol. The second-order valence-corrected chi connectivity index (χ2v) is 4.41. The fourth-order valence-corrected chi connectivity index (χ4v) is 1.56. The molecule has 0 atom stereocenters. The minimum absolute atomic E-state index is 0.849. The molecule has 1 aromatic carbocycles. The average Bonchev–Trinajstić information content (AvgIpc) is 2.18. The van der Waals surface area contributed by atoms with Gasteiger partial charge in [-0.05, 0) is 38.2 Å². The van der Waals surface area contributed by atoms with Crippen LogP contribution in [-0.4, -0.2) is 32.1 Å². The molecule has 0 aliphatic carbocycles. The first kappa shape index (κ1) is 12.5. The van der Waals surface area contributed by atoms with Crippen molar-refractivity contribution in [2.24, 2.45) is 0 Å². The van der Waals surface area contributed by atoms with E-state index in [9.17, 15) is 0 Å². The third kappa shape index (κ3) is 4.20. The van der Waals surface area contributed by atoms with Crippen LogP contribution in [0.4, 0.5) is 0 Å². The molecular formula is C12H19ClN2. The van der Waals surface area contributed by atoms with Gasteiger partial charge in [0, 0.05) is 24.7 Å². The van der Waals surface area contributed by atoms with Crippen LogP contribution in [0.25, 0.3) is 0 Å². The molecule has 1 N–H and O–H groups in total. The zero-order chi connectivity index (χ0) is 11.3. The van der Waals surface area contributed by atoms with Gasteiger partial charge in [0.05, 0.1) is 0 Å². The van der Waals surface area contributed by atoms with Crippen LogP contribution >= 0.6 is 11.6 Å². The summed E-state index contributed by atoms with van der Waals surface area (Å²) in [5, 5.41) is 4.25. The molecule has 84 valence electrons. The minimum atomic E-state index is 0.849. The molecule has 2 nitrogen and oxygen atoms in total. The molecule has 0 unspecified atom stereocenters. The Morgan fingerprint density at radius 2 is 2.07 bits per heavy atom. The van der Waals surface area contributed by atoms with Gasteiger partial charge in [-0.15, -0.1) is 0 Å². The lowest BCUT2D eigenvalue weighted by atomic mass is 10.1. The highest BCUT2D eigenvalue weighted by atomic mass is 35.5. The second kappa shape index (κ2) is 6.11. The molecule has 0 aromatic heterocycles. The third-order valence-corrected chi connectivity index (χ3v) is 2.84. The Morgan fingerprint density at radius 1 is 1.33 bits per heavy atom. The first-order valence-electron chi connectivity index (χ1n) is 5.20. The van der Waals surface area contributed by atoms with Crippen LogP contribution in [-0.2, 0) is 6.54 Å². The maximum Gasteiger partial charge on any atom is 0.0438 e. The summed E-state index contributed by atoms with van der Waals surface area (Å²) in [6, 6.07) is 6.04. The molecule has 1 rings (SSSR count). The Bertz CT molecular complexity index is 310. The van der Waals surface area contributed by atoms with Gasteiger partial charge in [0.2, 0.25) is 0 Å². The van der Waals surface area contributed by atoms with Crippen LogP contribution in [0.3, 0.4) is 0 Å². The molecule has 0 radical (unpaired) electrons. The van der Waals surface area contributed by atoms with Gasteiger partial charge < -0.3 is 10.2 Å². The van der Waals surface area contributed by atoms with Gasteiger partial charge in [0.15, 0.2) is 0 Å². The Hall–Kier alpha value is -0.570. The lowest BCUT2D eigenvalue weighted by molar-refractivity contribution is 0.400. The minimum Gasteiger partial charge on any atom is -0.311 e. The van der Waals surface area contributed by atoms with Gasteiger partial charge in [-0.1, -0.05) is 23.7 Å². The van der Waals surface area contributed by atoms with E-state index in [0.717, 1.165) is 24.7 Å². The Morgan fingerprint density at radius 3 is 2.73 bits per heavy atom. The van der Waals surface area contributed by atoms with Gasteiger partial charge in [-0.3, -0.25) is 0 Å². The maximum absolute atomic E-state index is 6.04. The quantitative estimate of drug-likeness (QED) is 0.776. The van der Waals surface area contributed by atoms with Crippen molar-refractivity contribution >= 4 is 11.6 Å². The monoisotopic (exact) mass is 226 g/mol. The normalized spacial score (nSPS) is 11.0. The molecule has 0 aliphatic heterocycles. The topological polar surface area (TPSA) is 15.3 Å². The van der Waals surface area contributed by atoms with Crippen LogP contribution in [0, 0.1) is 6.92 Å². The van der Waals surface area contributed by atoms with Gasteiger partial charge in [-0.2, -0.15) is 0 Å². The van der Waals surface area contributed by atoms with Crippen molar-refractivity contribution in [1.82, 2.24) is 10.2 Å². The van der Waals surface area contributed by atoms with Crippen molar-refractivity contribution in [3.05, 3.63) is 34.3 Å². The van der Waals surface area contributed by atoms with E-state index in [2.05, 4.69) is 37.3 Å². The molecular weight excluding hydrogens is 208 g/mol. The van der Waals surface area contributed by atoms with Crippen LogP contribution in [0.5, 0.6) is 0 Å². The summed E-state index contributed by atoms with van der Waals surface area (Å²) in [5.74, 6) is 0. The fraction of sp³-hybridized carbons (Fsp3) is 0.500. The summed E-state index contributed by atoms with van der Waals surface area (Å²) in [4.78, 5) is 2.16. The molecule has 0 heterocycles. The van der Waals surface area contributed by atoms with Crippen molar-refractivity contribution in [3.63, 3.8) is 0 Å². The van der Waals surface area contributed by atoms with Crippen molar-refractivity contribution < 1.29 is 0 Å². The van der Waals surface area contributed by atoms with Gasteiger partial charge >= 0.3 is 0 Å². The molecule has 0 fully saturated rings. The molecule has 0 spiro atoms. The van der Waals surface area contributed by atoms with Crippen molar-refractivity contribution in [3.8, 4) is 0 Å². The number of benzene rings is 1. The number of hydrogen-bond acceptors (Lipinski definition) is 2. The highest BCUT2D eigenvalue weighted by Gasteiger charge is 2.00. The number of rotatable bonds is 5. The largest absolute Gasteiger partial charge is 0.311 e. The van der Waals surface area contributed by atoms with Crippen molar-refractivity contribution in [2.45, 2.75) is 13.5 Å². The standard InChI is InChI=1S/C12H19ClN2/c1-10-11(5-4-6-12(10)13)9-14-7-8-15(2)3/h4-6,14H,7-9H2,1-3H3. The molecule has 1 aromatic rings. The maximum atomic E-state index is 6.04. The SMILES string of the molecule is Cc1c(Cl)cccc1CNCCN(C)C. The predicted octanol–water partition coefficient (Wildman–Crippen LogP) is 2.30. The summed E-state index contributed by atoms with van der Waals surface area (Å²) < 4.78 is 0. The second-order valence-electron chi connectivity index (χ2n) is 4.00. The number of nitrogens with zero attached hydrogens (tertiary/aromatic N) is 1. The van der Waals surface area contributed by atoms with Crippen molar-refractivity contribution in [2.75, 3.05) is 27.2 Å². The third-order valence-electron chi connectivity index (χ3n) is 2.43. The molecule has 0 amide bonds. The first-order chi connectivity index (χ1) is 7.11. The highest BCUT2D eigenvalue weighted by molar-refractivity contribution is 6.31. The molecule has 0 saturated heterocycles. The van der Waals surface area contributed by atoms with E-state index in [1.165, 1.54) is 11.1 Å². The Balaban J connectivity index is 2.41. The fourth-order valence-electron chi connectivity index (χ4n) is 1.37. The van der Waals surface area contributed by atoms with E-state index < -0.39 is 0 Å². The van der Waals surface area contributed by atoms with Crippen LogP contribution in [0.15, 0.2) is 18.2 Å². The summed E-state index contributed by atoms with van der Waals surface area (Å²) in [6.07, 6.45) is 0.